The summed E-state index contributed by atoms with van der Waals surface area (Å²) in [5.41, 5.74) is 8.14. The van der Waals surface area contributed by atoms with Gasteiger partial charge >= 0.3 is 0 Å². The Balaban J connectivity index is 2.48. The zero-order valence-electron chi connectivity index (χ0n) is 9.77. The smallest absolute Gasteiger partial charge is 0.144 e. The van der Waals surface area contributed by atoms with Crippen LogP contribution in [-0.4, -0.2) is 16.4 Å². The van der Waals surface area contributed by atoms with Gasteiger partial charge in [0.05, 0.1) is 23.0 Å². The van der Waals surface area contributed by atoms with Crippen LogP contribution in [0, 0.1) is 6.92 Å². The number of rotatable bonds is 3. The van der Waals surface area contributed by atoms with E-state index in [1.165, 1.54) is 0 Å². The molecule has 0 saturated carbocycles. The van der Waals surface area contributed by atoms with Crippen LogP contribution in [0.3, 0.4) is 0 Å². The minimum Gasteiger partial charge on any atom is -0.492 e. The molecule has 0 atom stereocenters. The van der Waals surface area contributed by atoms with Crippen LogP contribution in [0.5, 0.6) is 5.75 Å². The van der Waals surface area contributed by atoms with Gasteiger partial charge < -0.3 is 10.5 Å². The summed E-state index contributed by atoms with van der Waals surface area (Å²) >= 11 is 5.98. The molecule has 0 aliphatic rings. The normalized spacial score (nSPS) is 10.5. The maximum atomic E-state index is 6.03. The standard InChI is InChI=1S/C12H14ClN3O/c1-3-17-11-6-4-5-10(12(11)14)16-7-9(13)8(2)15-16/h4-7H,3,14H2,1-2H3. The van der Waals surface area contributed by atoms with E-state index in [-0.39, 0.29) is 0 Å². The summed E-state index contributed by atoms with van der Waals surface area (Å²) in [6.07, 6.45) is 1.73. The van der Waals surface area contributed by atoms with Crippen LogP contribution < -0.4 is 10.5 Å². The van der Waals surface area contributed by atoms with Crippen molar-refractivity contribution in [3.05, 3.63) is 35.1 Å². The van der Waals surface area contributed by atoms with Crippen molar-refractivity contribution in [1.82, 2.24) is 9.78 Å². The lowest BCUT2D eigenvalue weighted by Gasteiger charge is -2.10. The number of aromatic nitrogens is 2. The summed E-state index contributed by atoms with van der Waals surface area (Å²) in [5, 5.41) is 4.91. The van der Waals surface area contributed by atoms with Crippen LogP contribution in [-0.2, 0) is 0 Å². The van der Waals surface area contributed by atoms with E-state index < -0.39 is 0 Å². The van der Waals surface area contributed by atoms with E-state index in [2.05, 4.69) is 5.10 Å². The molecule has 17 heavy (non-hydrogen) atoms. The van der Waals surface area contributed by atoms with Crippen molar-refractivity contribution in [2.75, 3.05) is 12.3 Å². The van der Waals surface area contributed by atoms with Crippen LogP contribution in [0.1, 0.15) is 12.6 Å². The molecule has 0 fully saturated rings. The molecular formula is C12H14ClN3O. The van der Waals surface area contributed by atoms with Crippen molar-refractivity contribution in [3.8, 4) is 11.4 Å². The van der Waals surface area contributed by atoms with E-state index >= 15 is 0 Å². The third-order valence-corrected chi connectivity index (χ3v) is 2.80. The van der Waals surface area contributed by atoms with E-state index in [0.717, 1.165) is 11.4 Å². The number of ether oxygens (including phenoxy) is 1. The predicted octanol–water partition coefficient (Wildman–Crippen LogP) is 2.82. The molecule has 0 saturated heterocycles. The highest BCUT2D eigenvalue weighted by molar-refractivity contribution is 6.31. The number of halogens is 1. The van der Waals surface area contributed by atoms with Gasteiger partial charge in [-0.2, -0.15) is 5.10 Å². The summed E-state index contributed by atoms with van der Waals surface area (Å²) in [6.45, 7) is 4.34. The molecule has 0 bridgehead atoms. The SMILES string of the molecule is CCOc1cccc(-n2cc(Cl)c(C)n2)c1N. The molecule has 0 aliphatic carbocycles. The summed E-state index contributed by atoms with van der Waals surface area (Å²) < 4.78 is 7.10. The second-order valence-electron chi connectivity index (χ2n) is 3.63. The van der Waals surface area contributed by atoms with Crippen molar-refractivity contribution < 1.29 is 4.74 Å². The van der Waals surface area contributed by atoms with E-state index in [0.29, 0.717) is 23.1 Å². The molecule has 1 aromatic carbocycles. The molecule has 2 rings (SSSR count). The molecule has 5 heteroatoms. The van der Waals surface area contributed by atoms with Crippen molar-refractivity contribution in [1.29, 1.82) is 0 Å². The topological polar surface area (TPSA) is 53.1 Å². The molecule has 0 aliphatic heterocycles. The number of anilines is 1. The molecule has 1 heterocycles. The van der Waals surface area contributed by atoms with Gasteiger partial charge in [0.2, 0.25) is 0 Å². The van der Waals surface area contributed by atoms with Gasteiger partial charge in [0.15, 0.2) is 0 Å². The first-order chi connectivity index (χ1) is 8.13. The second-order valence-corrected chi connectivity index (χ2v) is 4.04. The molecule has 1 aromatic heterocycles. The van der Waals surface area contributed by atoms with Gasteiger partial charge in [0.25, 0.3) is 0 Å². The van der Waals surface area contributed by atoms with Crippen molar-refractivity contribution >= 4 is 17.3 Å². The van der Waals surface area contributed by atoms with E-state index in [1.807, 2.05) is 32.0 Å². The fraction of sp³-hybridized carbons (Fsp3) is 0.250. The predicted molar refractivity (Wildman–Crippen MR) is 68.9 cm³/mol. The monoisotopic (exact) mass is 251 g/mol. The number of nitrogens with two attached hydrogens (primary N) is 1. The molecule has 2 aromatic rings. The molecule has 2 N–H and O–H groups in total. The Hall–Kier alpha value is -1.68. The molecular weight excluding hydrogens is 238 g/mol. The average Bonchev–Trinajstić information content (AvgIpc) is 2.62. The lowest BCUT2D eigenvalue weighted by molar-refractivity contribution is 0.342. The zero-order chi connectivity index (χ0) is 12.4. The Bertz CT molecular complexity index is 517. The molecule has 0 radical (unpaired) electrons. The van der Waals surface area contributed by atoms with Gasteiger partial charge in [-0.3, -0.25) is 0 Å². The van der Waals surface area contributed by atoms with Crippen LogP contribution in [0.2, 0.25) is 5.02 Å². The highest BCUT2D eigenvalue weighted by Crippen LogP contribution is 2.28. The highest BCUT2D eigenvalue weighted by atomic mass is 35.5. The number of aryl methyl sites for hydroxylation is 1. The maximum Gasteiger partial charge on any atom is 0.144 e. The molecule has 90 valence electrons. The van der Waals surface area contributed by atoms with Crippen LogP contribution in [0.4, 0.5) is 5.69 Å². The molecule has 0 unspecified atom stereocenters. The van der Waals surface area contributed by atoms with Crippen molar-refractivity contribution in [3.63, 3.8) is 0 Å². The van der Waals surface area contributed by atoms with E-state index in [4.69, 9.17) is 22.1 Å². The Morgan fingerprint density at radius 1 is 1.47 bits per heavy atom. The lowest BCUT2D eigenvalue weighted by Crippen LogP contribution is -2.03. The number of benzene rings is 1. The molecule has 4 nitrogen and oxygen atoms in total. The molecule has 0 spiro atoms. The Morgan fingerprint density at radius 3 is 2.82 bits per heavy atom. The second kappa shape index (κ2) is 4.67. The van der Waals surface area contributed by atoms with Gasteiger partial charge in [0, 0.05) is 6.20 Å². The lowest BCUT2D eigenvalue weighted by atomic mass is 10.2. The summed E-state index contributed by atoms with van der Waals surface area (Å²) in [7, 11) is 0. The Labute approximate surface area is 105 Å². The van der Waals surface area contributed by atoms with Gasteiger partial charge in [0.1, 0.15) is 11.4 Å². The number of hydrogen-bond donors (Lipinski definition) is 1. The number of nitrogen functional groups attached to an aromatic ring is 1. The highest BCUT2D eigenvalue weighted by Gasteiger charge is 2.10. The van der Waals surface area contributed by atoms with Gasteiger partial charge in [-0.25, -0.2) is 4.68 Å². The average molecular weight is 252 g/mol. The summed E-state index contributed by atoms with van der Waals surface area (Å²) in [4.78, 5) is 0. The van der Waals surface area contributed by atoms with E-state index in [9.17, 15) is 0 Å². The first-order valence-electron chi connectivity index (χ1n) is 5.37. The summed E-state index contributed by atoms with van der Waals surface area (Å²) in [5.74, 6) is 0.661. The third-order valence-electron chi connectivity index (χ3n) is 2.43. The summed E-state index contributed by atoms with van der Waals surface area (Å²) in [6, 6.07) is 5.59. The largest absolute Gasteiger partial charge is 0.492 e. The van der Waals surface area contributed by atoms with Gasteiger partial charge in [-0.1, -0.05) is 17.7 Å². The van der Waals surface area contributed by atoms with Crippen LogP contribution in [0.25, 0.3) is 5.69 Å². The number of para-hydroxylation sites is 1. The number of nitrogens with zero attached hydrogens (tertiary/aromatic N) is 2. The zero-order valence-corrected chi connectivity index (χ0v) is 10.5. The van der Waals surface area contributed by atoms with Crippen LogP contribution in [0.15, 0.2) is 24.4 Å². The fourth-order valence-corrected chi connectivity index (χ4v) is 1.71. The third kappa shape index (κ3) is 2.22. The van der Waals surface area contributed by atoms with E-state index in [1.54, 1.807) is 10.9 Å². The maximum absolute atomic E-state index is 6.03. The number of hydrogen-bond acceptors (Lipinski definition) is 3. The van der Waals surface area contributed by atoms with Gasteiger partial charge in [-0.15, -0.1) is 0 Å². The van der Waals surface area contributed by atoms with Crippen molar-refractivity contribution in [2.45, 2.75) is 13.8 Å². The van der Waals surface area contributed by atoms with Crippen molar-refractivity contribution in [2.24, 2.45) is 0 Å². The Morgan fingerprint density at radius 2 is 2.24 bits per heavy atom. The minimum atomic E-state index is 0.563. The quantitative estimate of drug-likeness (QED) is 0.854. The first-order valence-corrected chi connectivity index (χ1v) is 5.74. The fourth-order valence-electron chi connectivity index (χ4n) is 1.58. The molecule has 0 amide bonds. The van der Waals surface area contributed by atoms with Gasteiger partial charge in [-0.05, 0) is 26.0 Å². The van der Waals surface area contributed by atoms with Crippen LogP contribution >= 0.6 is 11.6 Å². The Kier molecular flexibility index (Phi) is 3.24. The first kappa shape index (κ1) is 11.8. The minimum absolute atomic E-state index is 0.563.